The first kappa shape index (κ1) is 18.5. The number of ether oxygens (including phenoxy) is 1. The van der Waals surface area contributed by atoms with Crippen LogP contribution < -0.4 is 5.32 Å². The summed E-state index contributed by atoms with van der Waals surface area (Å²) in [5.41, 5.74) is -1.11. The molecule has 5 nitrogen and oxygen atoms in total. The molecule has 1 aromatic heterocycles. The van der Waals surface area contributed by atoms with Gasteiger partial charge in [0, 0.05) is 18.7 Å². The number of carboxylic acids is 1. The summed E-state index contributed by atoms with van der Waals surface area (Å²) in [4.78, 5) is 11.4. The van der Waals surface area contributed by atoms with Gasteiger partial charge in [-0.25, -0.2) is 0 Å². The molecule has 1 aromatic carbocycles. The van der Waals surface area contributed by atoms with Crippen molar-refractivity contribution in [2.45, 2.75) is 19.1 Å². The average molecular weight is 369 g/mol. The minimum absolute atomic E-state index is 0.171. The van der Waals surface area contributed by atoms with E-state index in [9.17, 15) is 23.1 Å². The van der Waals surface area contributed by atoms with Crippen molar-refractivity contribution in [1.82, 2.24) is 5.32 Å². The van der Waals surface area contributed by atoms with Gasteiger partial charge in [0.2, 0.25) is 0 Å². The van der Waals surface area contributed by atoms with Crippen LogP contribution in [0.5, 0.6) is 0 Å². The van der Waals surface area contributed by atoms with Crippen LogP contribution in [0, 0.1) is 5.41 Å². The van der Waals surface area contributed by atoms with Crippen LogP contribution in [0.15, 0.2) is 40.8 Å². The number of rotatable bonds is 6. The van der Waals surface area contributed by atoms with Gasteiger partial charge in [0.05, 0.1) is 18.7 Å². The number of nitrogens with one attached hydrogen (secondary N) is 1. The third kappa shape index (κ3) is 3.91. The van der Waals surface area contributed by atoms with Crippen LogP contribution in [0.4, 0.5) is 13.2 Å². The molecule has 2 heterocycles. The van der Waals surface area contributed by atoms with Crippen LogP contribution in [0.1, 0.15) is 17.7 Å². The van der Waals surface area contributed by atoms with Crippen LogP contribution in [0.3, 0.4) is 0 Å². The number of alkyl halides is 3. The molecule has 0 amide bonds. The summed E-state index contributed by atoms with van der Waals surface area (Å²) in [7, 11) is 0. The van der Waals surface area contributed by atoms with E-state index in [-0.39, 0.29) is 13.2 Å². The van der Waals surface area contributed by atoms with Gasteiger partial charge in [0.15, 0.2) is 0 Å². The number of carboxylic acid groups (broad SMARTS) is 1. The zero-order valence-electron chi connectivity index (χ0n) is 13.8. The molecule has 0 bridgehead atoms. The zero-order valence-corrected chi connectivity index (χ0v) is 13.8. The quantitative estimate of drug-likeness (QED) is 0.815. The summed E-state index contributed by atoms with van der Waals surface area (Å²) >= 11 is 0. The normalized spacial score (nSPS) is 20.4. The number of benzene rings is 1. The minimum atomic E-state index is -4.37. The Balaban J connectivity index is 1.60. The van der Waals surface area contributed by atoms with Crippen LogP contribution in [0.25, 0.3) is 11.3 Å². The second-order valence-corrected chi connectivity index (χ2v) is 6.33. The highest BCUT2D eigenvalue weighted by Crippen LogP contribution is 2.31. The van der Waals surface area contributed by atoms with E-state index in [0.29, 0.717) is 36.7 Å². The number of hydrogen-bond donors (Lipinski definition) is 2. The molecular weight excluding hydrogens is 351 g/mol. The number of halogens is 3. The molecule has 1 unspecified atom stereocenters. The fourth-order valence-electron chi connectivity index (χ4n) is 2.87. The van der Waals surface area contributed by atoms with E-state index in [4.69, 9.17) is 9.15 Å². The molecule has 0 aliphatic carbocycles. The summed E-state index contributed by atoms with van der Waals surface area (Å²) in [5.74, 6) is 0.124. The second-order valence-electron chi connectivity index (χ2n) is 6.33. The highest BCUT2D eigenvalue weighted by molar-refractivity contribution is 5.75. The van der Waals surface area contributed by atoms with E-state index in [0.717, 1.165) is 12.1 Å². The topological polar surface area (TPSA) is 71.7 Å². The lowest BCUT2D eigenvalue weighted by Gasteiger charge is -2.22. The van der Waals surface area contributed by atoms with Crippen LogP contribution in [0.2, 0.25) is 0 Å². The summed E-state index contributed by atoms with van der Waals surface area (Å²) in [5, 5.41) is 12.4. The van der Waals surface area contributed by atoms with E-state index in [1.54, 1.807) is 12.1 Å². The number of furan rings is 1. The summed E-state index contributed by atoms with van der Waals surface area (Å²) in [6.45, 7) is 1.16. The fourth-order valence-corrected chi connectivity index (χ4v) is 2.87. The smallest absolute Gasteiger partial charge is 0.416 e. The Labute approximate surface area is 147 Å². The first-order valence-electron chi connectivity index (χ1n) is 8.08. The molecule has 0 saturated carbocycles. The first-order valence-corrected chi connectivity index (χ1v) is 8.08. The maximum atomic E-state index is 12.6. The summed E-state index contributed by atoms with van der Waals surface area (Å²) in [6, 6.07) is 8.10. The molecule has 2 N–H and O–H groups in total. The molecule has 3 rings (SSSR count). The van der Waals surface area contributed by atoms with Crippen LogP contribution >= 0.6 is 0 Å². The molecule has 0 radical (unpaired) electrons. The lowest BCUT2D eigenvalue weighted by atomic mass is 9.87. The first-order chi connectivity index (χ1) is 12.3. The predicted octanol–water partition coefficient (Wildman–Crippen LogP) is 3.55. The van der Waals surface area contributed by atoms with E-state index < -0.39 is 23.1 Å². The molecular formula is C18H18F3NO4. The SMILES string of the molecule is O=C(O)C1(CNCc2ccc(-c3ccc(C(F)(F)F)cc3)o2)CCOC1. The third-order valence-corrected chi connectivity index (χ3v) is 4.48. The van der Waals surface area contributed by atoms with Crippen molar-refractivity contribution in [3.63, 3.8) is 0 Å². The van der Waals surface area contributed by atoms with Crippen molar-refractivity contribution in [2.24, 2.45) is 5.41 Å². The molecule has 26 heavy (non-hydrogen) atoms. The summed E-state index contributed by atoms with van der Waals surface area (Å²) < 4.78 is 48.6. The predicted molar refractivity (Wildman–Crippen MR) is 86.4 cm³/mol. The zero-order chi connectivity index (χ0) is 18.8. The third-order valence-electron chi connectivity index (χ3n) is 4.48. The molecule has 1 fully saturated rings. The van der Waals surface area contributed by atoms with Crippen LogP contribution in [-0.4, -0.2) is 30.8 Å². The molecule has 1 aliphatic rings. The van der Waals surface area contributed by atoms with Gasteiger partial charge in [-0.1, -0.05) is 12.1 Å². The van der Waals surface area contributed by atoms with Crippen molar-refractivity contribution in [1.29, 1.82) is 0 Å². The maximum Gasteiger partial charge on any atom is 0.416 e. The Kier molecular flexibility index (Phi) is 5.06. The van der Waals surface area contributed by atoms with Crippen molar-refractivity contribution in [3.8, 4) is 11.3 Å². The second kappa shape index (κ2) is 7.13. The Morgan fingerprint density at radius 2 is 1.92 bits per heavy atom. The average Bonchev–Trinajstić information content (AvgIpc) is 3.24. The van der Waals surface area contributed by atoms with Gasteiger partial charge in [-0.15, -0.1) is 0 Å². The van der Waals surface area contributed by atoms with Crippen molar-refractivity contribution >= 4 is 5.97 Å². The molecule has 1 atom stereocenters. The molecule has 8 heteroatoms. The number of carbonyl (C=O) groups is 1. The highest BCUT2D eigenvalue weighted by atomic mass is 19.4. The molecule has 1 saturated heterocycles. The summed E-state index contributed by atoms with van der Waals surface area (Å²) in [6.07, 6.45) is -3.93. The Hall–Kier alpha value is -2.32. The molecule has 0 spiro atoms. The monoisotopic (exact) mass is 369 g/mol. The van der Waals surface area contributed by atoms with Crippen LogP contribution in [-0.2, 0) is 22.3 Å². The van der Waals surface area contributed by atoms with E-state index in [1.165, 1.54) is 12.1 Å². The molecule has 2 aromatic rings. The number of hydrogen-bond acceptors (Lipinski definition) is 4. The lowest BCUT2D eigenvalue weighted by Crippen LogP contribution is -2.41. The molecule has 140 valence electrons. The van der Waals surface area contributed by atoms with Gasteiger partial charge in [-0.2, -0.15) is 13.2 Å². The highest BCUT2D eigenvalue weighted by Gasteiger charge is 2.42. The van der Waals surface area contributed by atoms with Gasteiger partial charge >= 0.3 is 12.1 Å². The maximum absolute atomic E-state index is 12.6. The molecule has 1 aliphatic heterocycles. The number of aliphatic carboxylic acids is 1. The standard InChI is InChI=1S/C18H18F3NO4/c19-18(20,21)13-3-1-12(2-4-13)15-6-5-14(26-15)9-22-10-17(16(23)24)7-8-25-11-17/h1-6,22H,7-11H2,(H,23,24). The largest absolute Gasteiger partial charge is 0.481 e. The van der Waals surface area contributed by atoms with Crippen molar-refractivity contribution in [3.05, 3.63) is 47.7 Å². The van der Waals surface area contributed by atoms with Gasteiger partial charge in [-0.05, 0) is 30.7 Å². The van der Waals surface area contributed by atoms with Gasteiger partial charge in [0.25, 0.3) is 0 Å². The Morgan fingerprint density at radius 3 is 2.50 bits per heavy atom. The van der Waals surface area contributed by atoms with Crippen molar-refractivity contribution in [2.75, 3.05) is 19.8 Å². The minimum Gasteiger partial charge on any atom is -0.481 e. The lowest BCUT2D eigenvalue weighted by molar-refractivity contribution is -0.148. The van der Waals surface area contributed by atoms with Crippen molar-refractivity contribution < 1.29 is 32.2 Å². The van der Waals surface area contributed by atoms with Gasteiger partial charge in [0.1, 0.15) is 16.9 Å². The van der Waals surface area contributed by atoms with E-state index >= 15 is 0 Å². The van der Waals surface area contributed by atoms with E-state index in [2.05, 4.69) is 5.32 Å². The van der Waals surface area contributed by atoms with E-state index in [1.807, 2.05) is 0 Å². The van der Waals surface area contributed by atoms with Gasteiger partial charge < -0.3 is 19.6 Å². The van der Waals surface area contributed by atoms with Gasteiger partial charge in [-0.3, -0.25) is 4.79 Å². The Morgan fingerprint density at radius 1 is 1.19 bits per heavy atom. The fraction of sp³-hybridized carbons (Fsp3) is 0.389. The Bertz CT molecular complexity index is 761.